The van der Waals surface area contributed by atoms with Gasteiger partial charge < -0.3 is 10.8 Å². The van der Waals surface area contributed by atoms with Crippen LogP contribution in [0.15, 0.2) is 0 Å². The molecule has 0 aromatic heterocycles. The maximum atomic E-state index is 9.00. The van der Waals surface area contributed by atoms with E-state index in [0.29, 0.717) is 6.54 Å². The van der Waals surface area contributed by atoms with E-state index in [0.717, 1.165) is 12.7 Å². The molecule has 0 fully saturated rings. The van der Waals surface area contributed by atoms with Gasteiger partial charge in [0.25, 0.3) is 5.97 Å². The van der Waals surface area contributed by atoms with E-state index in [1.807, 2.05) is 0 Å². The van der Waals surface area contributed by atoms with E-state index in [2.05, 4.69) is 12.6 Å². The molecule has 0 aromatic carbocycles. The molecule has 3 N–H and O–H groups in total. The molecule has 0 aliphatic rings. The summed E-state index contributed by atoms with van der Waals surface area (Å²) in [4.78, 5) is 9.00. The second-order valence-corrected chi connectivity index (χ2v) is 1.48. The smallest absolute Gasteiger partial charge is 0.300 e. The molecule has 0 radical (unpaired) electrons. The van der Waals surface area contributed by atoms with E-state index in [9.17, 15) is 0 Å². The van der Waals surface area contributed by atoms with Crippen LogP contribution in [0.5, 0.6) is 0 Å². The molecule has 0 unspecified atom stereocenters. The Hall–Kier alpha value is -0.220. The molecule has 4 heteroatoms. The van der Waals surface area contributed by atoms with Crippen molar-refractivity contribution < 1.29 is 9.90 Å². The summed E-state index contributed by atoms with van der Waals surface area (Å²) in [6.45, 7) is 1.77. The molecular weight excluding hydrogens is 126 g/mol. The standard InChI is InChI=1S/C2H7NS.C2H4O2/c3-1-2-4;1-2(3)4/h4H,1-3H2;1H3,(H,3,4). The molecule has 0 amide bonds. The lowest BCUT2D eigenvalue weighted by Gasteiger charge is -1.69. The van der Waals surface area contributed by atoms with Gasteiger partial charge in [-0.1, -0.05) is 0 Å². The zero-order chi connectivity index (χ0) is 6.99. The fourth-order valence-electron chi connectivity index (χ4n) is 0. The summed E-state index contributed by atoms with van der Waals surface area (Å²) >= 11 is 3.80. The normalized spacial score (nSPS) is 6.88. The summed E-state index contributed by atoms with van der Waals surface area (Å²) in [5.74, 6) is -0.0417. The van der Waals surface area contributed by atoms with Gasteiger partial charge in [0.1, 0.15) is 0 Å². The Labute approximate surface area is 54.3 Å². The summed E-state index contributed by atoms with van der Waals surface area (Å²) in [6.07, 6.45) is 0. The molecule has 50 valence electrons. The maximum absolute atomic E-state index is 9.00. The van der Waals surface area contributed by atoms with Gasteiger partial charge in [0.2, 0.25) is 0 Å². The molecule has 0 bridgehead atoms. The van der Waals surface area contributed by atoms with Crippen molar-refractivity contribution in [3.8, 4) is 0 Å². The molecule has 0 atom stereocenters. The zero-order valence-corrected chi connectivity index (χ0v) is 5.69. The SMILES string of the molecule is CC(=O)O.NCCS. The van der Waals surface area contributed by atoms with Crippen molar-refractivity contribution in [3.63, 3.8) is 0 Å². The lowest BCUT2D eigenvalue weighted by atomic mass is 10.8. The zero-order valence-electron chi connectivity index (χ0n) is 4.79. The third-order valence-corrected chi connectivity index (χ3v) is 0.387. The number of hydrogen-bond acceptors (Lipinski definition) is 3. The van der Waals surface area contributed by atoms with Crippen molar-refractivity contribution >= 4 is 18.6 Å². The molecule has 0 saturated carbocycles. The number of carboxylic acids is 1. The van der Waals surface area contributed by atoms with Gasteiger partial charge in [0.15, 0.2) is 0 Å². The number of carbonyl (C=O) groups is 1. The quantitative estimate of drug-likeness (QED) is 0.444. The van der Waals surface area contributed by atoms with Crippen LogP contribution in [-0.4, -0.2) is 23.4 Å². The number of nitrogens with two attached hydrogens (primary N) is 1. The Morgan fingerprint density at radius 3 is 2.00 bits per heavy atom. The Bertz CT molecular complexity index is 52.0. The van der Waals surface area contributed by atoms with Crippen LogP contribution in [-0.2, 0) is 4.79 Å². The number of thiol groups is 1. The monoisotopic (exact) mass is 137 g/mol. The first kappa shape index (κ1) is 10.7. The molecule has 0 spiro atoms. The Balaban J connectivity index is 0. The van der Waals surface area contributed by atoms with Crippen LogP contribution in [0.2, 0.25) is 0 Å². The van der Waals surface area contributed by atoms with Gasteiger partial charge >= 0.3 is 0 Å². The minimum Gasteiger partial charge on any atom is -0.481 e. The fraction of sp³-hybridized carbons (Fsp3) is 0.750. The molecule has 0 rings (SSSR count). The molecule has 0 heterocycles. The van der Waals surface area contributed by atoms with Gasteiger partial charge in [-0.2, -0.15) is 12.6 Å². The fourth-order valence-corrected chi connectivity index (χ4v) is 0. The molecule has 0 aliphatic carbocycles. The minimum atomic E-state index is -0.833. The lowest BCUT2D eigenvalue weighted by molar-refractivity contribution is -0.134. The first-order valence-electron chi connectivity index (χ1n) is 2.15. The van der Waals surface area contributed by atoms with Crippen LogP contribution < -0.4 is 5.73 Å². The molecular formula is C4H11NO2S. The number of carboxylic acid groups (broad SMARTS) is 1. The third-order valence-electron chi connectivity index (χ3n) is 0.129. The Morgan fingerprint density at radius 2 is 2.00 bits per heavy atom. The van der Waals surface area contributed by atoms with E-state index in [1.165, 1.54) is 0 Å². The summed E-state index contributed by atoms with van der Waals surface area (Å²) < 4.78 is 0. The van der Waals surface area contributed by atoms with Crippen molar-refractivity contribution in [2.24, 2.45) is 5.73 Å². The van der Waals surface area contributed by atoms with E-state index in [-0.39, 0.29) is 0 Å². The van der Waals surface area contributed by atoms with Crippen LogP contribution in [0.1, 0.15) is 6.92 Å². The minimum absolute atomic E-state index is 0.684. The Morgan fingerprint density at radius 1 is 1.88 bits per heavy atom. The van der Waals surface area contributed by atoms with Crippen LogP contribution in [0.3, 0.4) is 0 Å². The number of rotatable bonds is 1. The lowest BCUT2D eigenvalue weighted by Crippen LogP contribution is -1.97. The van der Waals surface area contributed by atoms with Crippen molar-refractivity contribution in [3.05, 3.63) is 0 Å². The van der Waals surface area contributed by atoms with E-state index < -0.39 is 5.97 Å². The highest BCUT2D eigenvalue weighted by Gasteiger charge is 1.65. The van der Waals surface area contributed by atoms with Crippen LogP contribution in [0.4, 0.5) is 0 Å². The summed E-state index contributed by atoms with van der Waals surface area (Å²) in [5, 5.41) is 7.42. The van der Waals surface area contributed by atoms with E-state index >= 15 is 0 Å². The number of hydrogen-bond donors (Lipinski definition) is 3. The van der Waals surface area contributed by atoms with Gasteiger partial charge in [-0.3, -0.25) is 4.79 Å². The summed E-state index contributed by atoms with van der Waals surface area (Å²) in [6, 6.07) is 0. The van der Waals surface area contributed by atoms with Gasteiger partial charge in [-0.25, -0.2) is 0 Å². The van der Waals surface area contributed by atoms with Gasteiger partial charge in [0, 0.05) is 19.2 Å². The second-order valence-electron chi connectivity index (χ2n) is 1.03. The van der Waals surface area contributed by atoms with Gasteiger partial charge in [-0.05, 0) is 0 Å². The highest BCUT2D eigenvalue weighted by Crippen LogP contribution is 1.58. The third kappa shape index (κ3) is 217. The predicted molar refractivity (Wildman–Crippen MR) is 36.2 cm³/mol. The highest BCUT2D eigenvalue weighted by atomic mass is 32.1. The first-order valence-corrected chi connectivity index (χ1v) is 2.78. The maximum Gasteiger partial charge on any atom is 0.300 e. The molecule has 0 aromatic rings. The summed E-state index contributed by atoms with van der Waals surface area (Å²) in [7, 11) is 0. The van der Waals surface area contributed by atoms with Gasteiger partial charge in [0.05, 0.1) is 0 Å². The van der Waals surface area contributed by atoms with Crippen molar-refractivity contribution in [1.82, 2.24) is 0 Å². The molecule has 0 saturated heterocycles. The van der Waals surface area contributed by atoms with Crippen molar-refractivity contribution in [2.45, 2.75) is 6.92 Å². The predicted octanol–water partition coefficient (Wildman–Crippen LogP) is -0.0342. The highest BCUT2D eigenvalue weighted by molar-refractivity contribution is 7.80. The molecule has 0 aliphatic heterocycles. The van der Waals surface area contributed by atoms with E-state index in [4.69, 9.17) is 15.6 Å². The topological polar surface area (TPSA) is 63.3 Å². The Kier molecular flexibility index (Phi) is 13.3. The largest absolute Gasteiger partial charge is 0.481 e. The van der Waals surface area contributed by atoms with Gasteiger partial charge in [-0.15, -0.1) is 0 Å². The first-order chi connectivity index (χ1) is 3.65. The average molecular weight is 137 g/mol. The summed E-state index contributed by atoms with van der Waals surface area (Å²) in [5.41, 5.74) is 4.95. The second kappa shape index (κ2) is 9.91. The van der Waals surface area contributed by atoms with Crippen molar-refractivity contribution in [2.75, 3.05) is 12.3 Å². The van der Waals surface area contributed by atoms with Crippen LogP contribution >= 0.6 is 12.6 Å². The molecule has 3 nitrogen and oxygen atoms in total. The average Bonchev–Trinajstić information content (AvgIpc) is 1.65. The van der Waals surface area contributed by atoms with E-state index in [1.54, 1.807) is 0 Å². The van der Waals surface area contributed by atoms with Crippen LogP contribution in [0, 0.1) is 0 Å². The van der Waals surface area contributed by atoms with Crippen LogP contribution in [0.25, 0.3) is 0 Å². The van der Waals surface area contributed by atoms with Crippen molar-refractivity contribution in [1.29, 1.82) is 0 Å². The molecule has 8 heavy (non-hydrogen) atoms. The number of aliphatic carboxylic acids is 1.